The van der Waals surface area contributed by atoms with Crippen LogP contribution >= 0.6 is 11.6 Å². The van der Waals surface area contributed by atoms with Crippen LogP contribution in [0.5, 0.6) is 0 Å². The molecule has 0 atom stereocenters. The Morgan fingerprint density at radius 1 is 1.47 bits per heavy atom. The molecule has 0 spiro atoms. The molecule has 6 heteroatoms. The highest BCUT2D eigenvalue weighted by molar-refractivity contribution is 6.29. The van der Waals surface area contributed by atoms with Gasteiger partial charge in [0.2, 0.25) is 0 Å². The average molecular weight is 234 g/mol. The highest BCUT2D eigenvalue weighted by atomic mass is 35.5. The molecule has 82 valence electrons. The number of hydrogen-bond donors (Lipinski definition) is 0. The van der Waals surface area contributed by atoms with Gasteiger partial charge < -0.3 is 4.90 Å². The van der Waals surface area contributed by atoms with Crippen LogP contribution in [0, 0.1) is 0 Å². The van der Waals surface area contributed by atoms with Gasteiger partial charge >= 0.3 is 0 Å². The van der Waals surface area contributed by atoms with E-state index in [4.69, 9.17) is 11.6 Å². The van der Waals surface area contributed by atoms with Gasteiger partial charge in [-0.1, -0.05) is 11.6 Å². The van der Waals surface area contributed by atoms with Crippen LogP contribution in [0.3, 0.4) is 0 Å². The fourth-order valence-electron chi connectivity index (χ4n) is 1.69. The van der Waals surface area contributed by atoms with Crippen molar-refractivity contribution in [3.8, 4) is 0 Å². The van der Waals surface area contributed by atoms with Crippen LogP contribution in [0.25, 0.3) is 0 Å². The van der Waals surface area contributed by atoms with Crippen molar-refractivity contribution < 1.29 is 8.78 Å². The lowest BCUT2D eigenvalue weighted by Crippen LogP contribution is -2.42. The van der Waals surface area contributed by atoms with E-state index in [-0.39, 0.29) is 18.1 Å². The third-order valence-electron chi connectivity index (χ3n) is 2.37. The molecule has 2 rings (SSSR count). The SMILES string of the molecule is FC1(F)CCCN(c2cnnc(Cl)c2)C1. The fourth-order valence-corrected chi connectivity index (χ4v) is 1.85. The van der Waals surface area contributed by atoms with Crippen molar-refractivity contribution in [2.24, 2.45) is 0 Å². The maximum atomic E-state index is 13.1. The first-order chi connectivity index (χ1) is 7.07. The monoisotopic (exact) mass is 233 g/mol. The van der Waals surface area contributed by atoms with E-state index < -0.39 is 5.92 Å². The molecule has 15 heavy (non-hydrogen) atoms. The van der Waals surface area contributed by atoms with E-state index in [0.29, 0.717) is 18.7 Å². The predicted octanol–water partition coefficient (Wildman–Crippen LogP) is 2.37. The molecule has 1 saturated heterocycles. The summed E-state index contributed by atoms with van der Waals surface area (Å²) in [4.78, 5) is 1.59. The Morgan fingerprint density at radius 2 is 2.27 bits per heavy atom. The molecular formula is C9H10ClF2N3. The van der Waals surface area contributed by atoms with Gasteiger partial charge in [-0.15, -0.1) is 5.10 Å². The van der Waals surface area contributed by atoms with E-state index in [1.807, 2.05) is 0 Å². The summed E-state index contributed by atoms with van der Waals surface area (Å²) in [5, 5.41) is 7.43. The second-order valence-electron chi connectivity index (χ2n) is 3.62. The minimum Gasteiger partial charge on any atom is -0.364 e. The smallest absolute Gasteiger partial charge is 0.265 e. The molecule has 0 bridgehead atoms. The van der Waals surface area contributed by atoms with Crippen molar-refractivity contribution in [3.05, 3.63) is 17.4 Å². The number of piperidine rings is 1. The summed E-state index contributed by atoms with van der Waals surface area (Å²) in [5.74, 6) is -2.62. The largest absolute Gasteiger partial charge is 0.364 e. The van der Waals surface area contributed by atoms with Gasteiger partial charge in [0.15, 0.2) is 5.15 Å². The minimum atomic E-state index is -2.62. The molecule has 0 saturated carbocycles. The van der Waals surface area contributed by atoms with Gasteiger partial charge in [0.1, 0.15) is 0 Å². The standard InChI is InChI=1S/C9H10ClF2N3/c10-8-4-7(5-13-14-8)15-3-1-2-9(11,12)6-15/h4-5H,1-3,6H2. The molecule has 0 amide bonds. The van der Waals surface area contributed by atoms with E-state index in [2.05, 4.69) is 10.2 Å². The highest BCUT2D eigenvalue weighted by Crippen LogP contribution is 2.29. The van der Waals surface area contributed by atoms with Crippen LogP contribution in [-0.2, 0) is 0 Å². The maximum absolute atomic E-state index is 13.1. The zero-order valence-electron chi connectivity index (χ0n) is 7.96. The molecule has 1 aromatic rings. The zero-order chi connectivity index (χ0) is 10.9. The van der Waals surface area contributed by atoms with E-state index >= 15 is 0 Å². The molecule has 0 radical (unpaired) electrons. The summed E-state index contributed by atoms with van der Waals surface area (Å²) >= 11 is 5.65. The van der Waals surface area contributed by atoms with Crippen molar-refractivity contribution in [2.75, 3.05) is 18.0 Å². The van der Waals surface area contributed by atoms with Gasteiger partial charge in [-0.3, -0.25) is 0 Å². The Kier molecular flexibility index (Phi) is 2.73. The lowest BCUT2D eigenvalue weighted by molar-refractivity contribution is -0.0116. The second-order valence-corrected chi connectivity index (χ2v) is 4.00. The van der Waals surface area contributed by atoms with Gasteiger partial charge in [0.25, 0.3) is 5.92 Å². The van der Waals surface area contributed by atoms with E-state index in [9.17, 15) is 8.78 Å². The van der Waals surface area contributed by atoms with Crippen LogP contribution in [0.15, 0.2) is 12.3 Å². The molecule has 3 nitrogen and oxygen atoms in total. The number of nitrogens with zero attached hydrogens (tertiary/aromatic N) is 3. The lowest BCUT2D eigenvalue weighted by Gasteiger charge is -2.33. The summed E-state index contributed by atoms with van der Waals surface area (Å²) in [6.45, 7) is 0.340. The minimum absolute atomic E-state index is 0.0459. The first-order valence-electron chi connectivity index (χ1n) is 4.68. The third kappa shape index (κ3) is 2.53. The van der Waals surface area contributed by atoms with E-state index in [0.717, 1.165) is 0 Å². The molecule has 1 aromatic heterocycles. The van der Waals surface area contributed by atoms with Gasteiger partial charge in [0, 0.05) is 19.0 Å². The number of hydrogen-bond acceptors (Lipinski definition) is 3. The predicted molar refractivity (Wildman–Crippen MR) is 53.4 cm³/mol. The first kappa shape index (κ1) is 10.5. The number of halogens is 3. The van der Waals surface area contributed by atoms with Crippen LogP contribution < -0.4 is 4.90 Å². The van der Waals surface area contributed by atoms with Crippen molar-refractivity contribution >= 4 is 17.3 Å². The van der Waals surface area contributed by atoms with E-state index in [1.165, 1.54) is 6.20 Å². The van der Waals surface area contributed by atoms with Crippen molar-refractivity contribution in [3.63, 3.8) is 0 Å². The second kappa shape index (κ2) is 3.89. The Hall–Kier alpha value is -0.970. The third-order valence-corrected chi connectivity index (χ3v) is 2.55. The number of anilines is 1. The van der Waals surface area contributed by atoms with Crippen LogP contribution in [0.2, 0.25) is 5.15 Å². The summed E-state index contributed by atoms with van der Waals surface area (Å²) in [7, 11) is 0. The van der Waals surface area contributed by atoms with Crippen LogP contribution in [0.1, 0.15) is 12.8 Å². The van der Waals surface area contributed by atoms with Gasteiger partial charge in [-0.2, -0.15) is 5.10 Å². The molecule has 0 N–H and O–H groups in total. The molecule has 1 aliphatic heterocycles. The van der Waals surface area contributed by atoms with Crippen LogP contribution in [-0.4, -0.2) is 29.2 Å². The van der Waals surface area contributed by atoms with Gasteiger partial charge in [0.05, 0.1) is 18.4 Å². The van der Waals surface area contributed by atoms with Crippen molar-refractivity contribution in [1.82, 2.24) is 10.2 Å². The van der Waals surface area contributed by atoms with Crippen molar-refractivity contribution in [2.45, 2.75) is 18.8 Å². The highest BCUT2D eigenvalue weighted by Gasteiger charge is 2.35. The Labute approximate surface area is 91.1 Å². The summed E-state index contributed by atoms with van der Waals surface area (Å²) in [6, 6.07) is 1.55. The Morgan fingerprint density at radius 3 is 2.93 bits per heavy atom. The summed E-state index contributed by atoms with van der Waals surface area (Å²) < 4.78 is 26.3. The molecule has 0 aromatic carbocycles. The van der Waals surface area contributed by atoms with Gasteiger partial charge in [-0.25, -0.2) is 8.78 Å². The fraction of sp³-hybridized carbons (Fsp3) is 0.556. The number of aromatic nitrogens is 2. The number of alkyl halides is 2. The molecule has 1 fully saturated rings. The zero-order valence-corrected chi connectivity index (χ0v) is 8.71. The van der Waals surface area contributed by atoms with Gasteiger partial charge in [-0.05, 0) is 6.42 Å². The Bertz CT molecular complexity index is 359. The normalized spacial score (nSPS) is 20.3. The van der Waals surface area contributed by atoms with E-state index in [1.54, 1.807) is 11.0 Å². The molecule has 0 unspecified atom stereocenters. The number of rotatable bonds is 1. The van der Waals surface area contributed by atoms with Crippen molar-refractivity contribution in [1.29, 1.82) is 0 Å². The topological polar surface area (TPSA) is 29.0 Å². The summed E-state index contributed by atoms with van der Waals surface area (Å²) in [6.07, 6.45) is 1.88. The quantitative estimate of drug-likeness (QED) is 0.746. The molecule has 1 aliphatic rings. The Balaban J connectivity index is 2.17. The lowest BCUT2D eigenvalue weighted by atomic mass is 10.1. The molecule has 2 heterocycles. The molecular weight excluding hydrogens is 224 g/mol. The maximum Gasteiger partial charge on any atom is 0.265 e. The van der Waals surface area contributed by atoms with Crippen LogP contribution in [0.4, 0.5) is 14.5 Å². The first-order valence-corrected chi connectivity index (χ1v) is 5.06. The summed E-state index contributed by atoms with van der Waals surface area (Å²) in [5.41, 5.74) is 0.606. The average Bonchev–Trinajstić information content (AvgIpc) is 2.16. The molecule has 0 aliphatic carbocycles.